The average molecular weight is 567 g/mol. The number of aryl methyl sites for hydroxylation is 4. The van der Waals surface area contributed by atoms with Gasteiger partial charge in [0.15, 0.2) is 8.15 Å². The Balaban J connectivity index is 1.82. The van der Waals surface area contributed by atoms with Crippen LogP contribution in [-0.2, 0) is 24.9 Å². The van der Waals surface area contributed by atoms with Crippen molar-refractivity contribution in [3.05, 3.63) is 118 Å². The van der Waals surface area contributed by atoms with E-state index >= 15 is 0 Å². The highest BCUT2D eigenvalue weighted by Gasteiger charge is 2.38. The second kappa shape index (κ2) is 11.6. The van der Waals surface area contributed by atoms with Gasteiger partial charge in [0, 0.05) is 10.6 Å². The van der Waals surface area contributed by atoms with Gasteiger partial charge in [-0.15, -0.1) is 0 Å². The molecule has 0 fully saturated rings. The molecule has 1 N–H and O–H groups in total. The molecule has 4 rings (SSSR count). The molecule has 0 radical (unpaired) electrons. The molecule has 0 aliphatic carbocycles. The first-order valence-electron chi connectivity index (χ1n) is 13.8. The van der Waals surface area contributed by atoms with Crippen molar-refractivity contribution in [1.82, 2.24) is 0 Å². The maximum absolute atomic E-state index is 14.2. The minimum atomic E-state index is -1.43. The third-order valence-corrected chi connectivity index (χ3v) is 9.39. The van der Waals surface area contributed by atoms with E-state index in [4.69, 9.17) is 4.52 Å². The molecule has 0 bridgehead atoms. The van der Waals surface area contributed by atoms with E-state index in [-0.39, 0.29) is 5.97 Å². The zero-order chi connectivity index (χ0) is 30.1. The lowest BCUT2D eigenvalue weighted by molar-refractivity contribution is -0.142. The lowest BCUT2D eigenvalue weighted by Crippen LogP contribution is -2.33. The van der Waals surface area contributed by atoms with Crippen molar-refractivity contribution >= 4 is 30.7 Å². The third-order valence-electron chi connectivity index (χ3n) is 7.59. The van der Waals surface area contributed by atoms with Crippen LogP contribution >= 0.6 is 8.15 Å². The summed E-state index contributed by atoms with van der Waals surface area (Å²) in [6.45, 7) is 15.4. The van der Waals surface area contributed by atoms with E-state index in [0.717, 1.165) is 49.6 Å². The average Bonchev–Trinajstić information content (AvgIpc) is 2.90. The first-order valence-corrected chi connectivity index (χ1v) is 15.1. The second-order valence-electron chi connectivity index (χ2n) is 12.0. The first kappa shape index (κ1) is 30.2. The van der Waals surface area contributed by atoms with E-state index in [2.05, 4.69) is 64.1 Å². The molecule has 0 aromatic heterocycles. The Hall–Kier alpha value is -3.75. The zero-order valence-corrected chi connectivity index (χ0v) is 26.1. The molecule has 0 unspecified atom stereocenters. The molecule has 212 valence electrons. The van der Waals surface area contributed by atoms with Gasteiger partial charge in [-0.1, -0.05) is 82.9 Å². The van der Waals surface area contributed by atoms with Crippen LogP contribution in [0.1, 0.15) is 61.1 Å². The summed E-state index contributed by atoms with van der Waals surface area (Å²) in [5.74, 6) is -1.24. The molecule has 4 nitrogen and oxygen atoms in total. The van der Waals surface area contributed by atoms with Crippen molar-refractivity contribution in [2.24, 2.45) is 0 Å². The Kier molecular flexibility index (Phi) is 8.57. The van der Waals surface area contributed by atoms with E-state index in [0.29, 0.717) is 5.56 Å². The van der Waals surface area contributed by atoms with Gasteiger partial charge in [-0.05, 0) is 102 Å². The van der Waals surface area contributed by atoms with E-state index in [1.54, 1.807) is 13.8 Å². The van der Waals surface area contributed by atoms with Gasteiger partial charge in [-0.3, -0.25) is 9.59 Å². The molecule has 5 heteroatoms. The molecule has 0 saturated carbocycles. The van der Waals surface area contributed by atoms with Gasteiger partial charge in [0.25, 0.3) is 0 Å². The summed E-state index contributed by atoms with van der Waals surface area (Å²) in [5.41, 5.74) is 5.44. The molecule has 4 aromatic rings. The van der Waals surface area contributed by atoms with Crippen molar-refractivity contribution in [2.45, 2.75) is 66.2 Å². The molecule has 0 atom stereocenters. The largest absolute Gasteiger partial charge is 0.481 e. The number of benzene rings is 4. The summed E-state index contributed by atoms with van der Waals surface area (Å²) < 4.78 is 6.52. The van der Waals surface area contributed by atoms with Gasteiger partial charge < -0.3 is 9.63 Å². The summed E-state index contributed by atoms with van der Waals surface area (Å²) in [5, 5.41) is 12.0. The zero-order valence-electron chi connectivity index (χ0n) is 25.2. The monoisotopic (exact) mass is 566 g/mol. The number of carbonyl (C=O) groups excluding carboxylic acids is 1. The van der Waals surface area contributed by atoms with Crippen molar-refractivity contribution in [3.63, 3.8) is 0 Å². The summed E-state index contributed by atoms with van der Waals surface area (Å²) in [6, 6.07) is 27.9. The maximum Gasteiger partial charge on any atom is 0.319 e. The second-order valence-corrected chi connectivity index (χ2v) is 13.8. The molecule has 41 heavy (non-hydrogen) atoms. The summed E-state index contributed by atoms with van der Waals surface area (Å²) in [7, 11) is -1.43. The molecule has 0 aliphatic rings. The van der Waals surface area contributed by atoms with Crippen molar-refractivity contribution < 1.29 is 19.2 Å². The van der Waals surface area contributed by atoms with E-state index in [1.807, 2.05) is 62.4 Å². The van der Waals surface area contributed by atoms with Crippen LogP contribution in [0.15, 0.2) is 84.9 Å². The Labute approximate surface area is 245 Å². The highest BCUT2D eigenvalue weighted by atomic mass is 31.1. The van der Waals surface area contributed by atoms with Gasteiger partial charge in [0.2, 0.25) is 0 Å². The molecule has 4 aromatic carbocycles. The molecule has 0 aliphatic heterocycles. The van der Waals surface area contributed by atoms with Crippen molar-refractivity contribution in [2.75, 3.05) is 0 Å². The number of carboxylic acid groups (broad SMARTS) is 1. The van der Waals surface area contributed by atoms with Crippen LogP contribution in [0.5, 0.6) is 0 Å². The van der Waals surface area contributed by atoms with Crippen LogP contribution in [0, 0.1) is 27.7 Å². The van der Waals surface area contributed by atoms with E-state index in [1.165, 1.54) is 0 Å². The fourth-order valence-corrected chi connectivity index (χ4v) is 7.52. The fraction of sp³-hybridized carbons (Fsp3) is 0.278. The summed E-state index contributed by atoms with van der Waals surface area (Å²) >= 11 is 0. The molecular weight excluding hydrogens is 527 g/mol. The minimum Gasteiger partial charge on any atom is -0.481 e. The molecule has 0 spiro atoms. The van der Waals surface area contributed by atoms with Crippen LogP contribution in [0.2, 0.25) is 0 Å². The number of hydrogen-bond acceptors (Lipinski definition) is 3. The summed E-state index contributed by atoms with van der Waals surface area (Å²) in [6.07, 6.45) is 0. The van der Waals surface area contributed by atoms with Crippen LogP contribution < -0.4 is 10.6 Å². The number of aliphatic carboxylic acids is 1. The number of rotatable bonds is 8. The first-order chi connectivity index (χ1) is 19.2. The lowest BCUT2D eigenvalue weighted by atomic mass is 9.75. The molecule has 0 saturated heterocycles. The predicted molar refractivity (Wildman–Crippen MR) is 170 cm³/mol. The lowest BCUT2D eigenvalue weighted by Gasteiger charge is -2.30. The van der Waals surface area contributed by atoms with Gasteiger partial charge in [0.05, 0.1) is 10.8 Å². The van der Waals surface area contributed by atoms with Gasteiger partial charge >= 0.3 is 11.9 Å². The SMILES string of the molecule is Cc1cc(C)cc(P(OC(=O)C(C)(C)c2ccccc2-c2ccccc2C(C)(C)C(=O)O)c2cc(C)cc(C)c2)c1. The molecule has 0 heterocycles. The summed E-state index contributed by atoms with van der Waals surface area (Å²) in [4.78, 5) is 26.4. The van der Waals surface area contributed by atoms with Gasteiger partial charge in [0.1, 0.15) is 0 Å². The smallest absolute Gasteiger partial charge is 0.319 e. The maximum atomic E-state index is 14.2. The van der Waals surface area contributed by atoms with E-state index < -0.39 is 24.9 Å². The standard InChI is InChI=1S/C36H39O4P/c1-23-17-24(2)20-27(19-23)41(28-21-25(3)18-26(4)22-28)40-34(39)36(7,8)32-16-12-10-14-30(32)29-13-9-11-15-31(29)35(5,6)33(37)38/h9-22H,1-8H3,(H,37,38). The van der Waals surface area contributed by atoms with Crippen LogP contribution in [-0.4, -0.2) is 17.0 Å². The fourth-order valence-electron chi connectivity index (χ4n) is 5.34. The van der Waals surface area contributed by atoms with Crippen LogP contribution in [0.3, 0.4) is 0 Å². The van der Waals surface area contributed by atoms with Crippen LogP contribution in [0.25, 0.3) is 11.1 Å². The van der Waals surface area contributed by atoms with E-state index in [9.17, 15) is 14.7 Å². The Morgan fingerprint density at radius 2 is 0.976 bits per heavy atom. The Morgan fingerprint density at radius 1 is 0.610 bits per heavy atom. The Bertz CT molecular complexity index is 1520. The topological polar surface area (TPSA) is 63.6 Å². The molecular formula is C36H39O4P. The third kappa shape index (κ3) is 6.29. The number of carbonyl (C=O) groups is 2. The minimum absolute atomic E-state index is 0.329. The van der Waals surface area contributed by atoms with Crippen molar-refractivity contribution in [1.29, 1.82) is 0 Å². The number of carboxylic acids is 1. The normalized spacial score (nSPS) is 11.9. The predicted octanol–water partition coefficient (Wildman–Crippen LogP) is 7.82. The quantitative estimate of drug-likeness (QED) is 0.221. The van der Waals surface area contributed by atoms with Crippen molar-refractivity contribution in [3.8, 4) is 11.1 Å². The molecule has 0 amide bonds. The van der Waals surface area contributed by atoms with Gasteiger partial charge in [-0.2, -0.15) is 0 Å². The number of hydrogen-bond donors (Lipinski definition) is 1. The highest BCUT2D eigenvalue weighted by Crippen LogP contribution is 2.43. The highest BCUT2D eigenvalue weighted by molar-refractivity contribution is 7.69. The van der Waals surface area contributed by atoms with Crippen LogP contribution in [0.4, 0.5) is 0 Å². The van der Waals surface area contributed by atoms with Gasteiger partial charge in [-0.25, -0.2) is 0 Å². The Morgan fingerprint density at radius 3 is 1.37 bits per heavy atom.